The molecule has 0 amide bonds. The average molecular weight is 233 g/mol. The minimum atomic E-state index is 0.247. The summed E-state index contributed by atoms with van der Waals surface area (Å²) in [5.41, 5.74) is 0.247. The molecule has 1 aliphatic rings. The molecule has 1 rings (SSSR count). The largest absolute Gasteiger partial charge is 0.381 e. The van der Waals surface area contributed by atoms with E-state index >= 15 is 0 Å². The smallest absolute Gasteiger partial charge is 0.0468 e. The van der Waals surface area contributed by atoms with E-state index in [1.54, 1.807) is 0 Å². The van der Waals surface area contributed by atoms with Crippen molar-refractivity contribution in [2.45, 2.75) is 58.3 Å². The van der Waals surface area contributed by atoms with Crippen molar-refractivity contribution in [1.82, 2.24) is 0 Å². The second kappa shape index (κ2) is 6.10. The van der Waals surface area contributed by atoms with E-state index in [1.807, 2.05) is 0 Å². The van der Waals surface area contributed by atoms with E-state index in [0.717, 1.165) is 25.6 Å². The van der Waals surface area contributed by atoms with Crippen molar-refractivity contribution in [3.05, 3.63) is 0 Å². The van der Waals surface area contributed by atoms with Crippen LogP contribution < -0.4 is 0 Å². The Kier molecular flexibility index (Phi) is 5.42. The Morgan fingerprint density at radius 1 is 1.27 bits per heavy atom. The molecule has 0 saturated carbocycles. The summed E-state index contributed by atoms with van der Waals surface area (Å²) in [6.07, 6.45) is 6.27. The normalized spacial score (nSPS) is 21.6. The molecule has 1 unspecified atom stereocenters. The zero-order valence-electron chi connectivity index (χ0n) is 10.4. The van der Waals surface area contributed by atoms with Gasteiger partial charge in [-0.15, -0.1) is 11.6 Å². The molecule has 0 aromatic carbocycles. The predicted octanol–water partition coefficient (Wildman–Crippen LogP) is 4.24. The van der Waals surface area contributed by atoms with E-state index in [0.29, 0.717) is 5.38 Å². The van der Waals surface area contributed by atoms with Crippen LogP contribution in [0.5, 0.6) is 0 Å². The SMILES string of the molecule is CC(C)(C)C(Cl)CCCC1CCOCC1. The van der Waals surface area contributed by atoms with Crippen LogP contribution in [0, 0.1) is 11.3 Å². The first kappa shape index (κ1) is 13.3. The standard InChI is InChI=1S/C13H25ClO/c1-13(2,3)12(14)6-4-5-11-7-9-15-10-8-11/h11-12H,4-10H2,1-3H3. The molecule has 1 heterocycles. The fourth-order valence-corrected chi connectivity index (χ4v) is 2.21. The lowest BCUT2D eigenvalue weighted by molar-refractivity contribution is 0.0629. The Hall–Kier alpha value is 0.250. The van der Waals surface area contributed by atoms with Crippen LogP contribution in [0.4, 0.5) is 0 Å². The molecule has 1 aliphatic heterocycles. The van der Waals surface area contributed by atoms with Crippen LogP contribution in [0.3, 0.4) is 0 Å². The lowest BCUT2D eigenvalue weighted by Crippen LogP contribution is -2.21. The number of alkyl halides is 1. The van der Waals surface area contributed by atoms with Crippen LogP contribution in [0.25, 0.3) is 0 Å². The van der Waals surface area contributed by atoms with Crippen LogP contribution in [-0.4, -0.2) is 18.6 Å². The van der Waals surface area contributed by atoms with E-state index in [2.05, 4.69) is 20.8 Å². The predicted molar refractivity (Wildman–Crippen MR) is 66.5 cm³/mol. The highest BCUT2D eigenvalue weighted by atomic mass is 35.5. The molecule has 1 fully saturated rings. The van der Waals surface area contributed by atoms with E-state index in [4.69, 9.17) is 16.3 Å². The summed E-state index contributed by atoms with van der Waals surface area (Å²) in [4.78, 5) is 0. The lowest BCUT2D eigenvalue weighted by atomic mass is 9.87. The maximum atomic E-state index is 6.35. The number of hydrogen-bond acceptors (Lipinski definition) is 1. The molecule has 1 saturated heterocycles. The first-order chi connectivity index (χ1) is 7.00. The van der Waals surface area contributed by atoms with Gasteiger partial charge in [-0.3, -0.25) is 0 Å². The van der Waals surface area contributed by atoms with Crippen LogP contribution in [-0.2, 0) is 4.74 Å². The van der Waals surface area contributed by atoms with Crippen molar-refractivity contribution >= 4 is 11.6 Å². The van der Waals surface area contributed by atoms with E-state index in [-0.39, 0.29) is 5.41 Å². The third kappa shape index (κ3) is 5.21. The van der Waals surface area contributed by atoms with Gasteiger partial charge in [0, 0.05) is 18.6 Å². The zero-order valence-corrected chi connectivity index (χ0v) is 11.1. The molecule has 1 nitrogen and oxygen atoms in total. The van der Waals surface area contributed by atoms with Gasteiger partial charge in [0.15, 0.2) is 0 Å². The van der Waals surface area contributed by atoms with Crippen molar-refractivity contribution < 1.29 is 4.74 Å². The molecule has 0 aromatic rings. The highest BCUT2D eigenvalue weighted by molar-refractivity contribution is 6.21. The highest BCUT2D eigenvalue weighted by Crippen LogP contribution is 2.30. The molecule has 15 heavy (non-hydrogen) atoms. The first-order valence-corrected chi connectivity index (χ1v) is 6.65. The van der Waals surface area contributed by atoms with Crippen molar-refractivity contribution in [3.63, 3.8) is 0 Å². The molecule has 0 bridgehead atoms. The summed E-state index contributed by atoms with van der Waals surface area (Å²) in [7, 11) is 0. The maximum Gasteiger partial charge on any atom is 0.0468 e. The third-order valence-corrected chi connectivity index (χ3v) is 4.22. The van der Waals surface area contributed by atoms with Gasteiger partial charge in [0.05, 0.1) is 0 Å². The molecule has 90 valence electrons. The second-order valence-electron chi connectivity index (χ2n) is 5.82. The Labute approximate surface area is 99.5 Å². The van der Waals surface area contributed by atoms with Crippen LogP contribution in [0.2, 0.25) is 0 Å². The Morgan fingerprint density at radius 3 is 2.40 bits per heavy atom. The summed E-state index contributed by atoms with van der Waals surface area (Å²) >= 11 is 6.35. The number of ether oxygens (including phenoxy) is 1. The summed E-state index contributed by atoms with van der Waals surface area (Å²) in [6, 6.07) is 0. The molecule has 0 radical (unpaired) electrons. The quantitative estimate of drug-likeness (QED) is 0.659. The van der Waals surface area contributed by atoms with Gasteiger partial charge in [-0.1, -0.05) is 33.6 Å². The topological polar surface area (TPSA) is 9.23 Å². The first-order valence-electron chi connectivity index (χ1n) is 6.22. The van der Waals surface area contributed by atoms with Gasteiger partial charge >= 0.3 is 0 Å². The van der Waals surface area contributed by atoms with Gasteiger partial charge in [0.1, 0.15) is 0 Å². The highest BCUT2D eigenvalue weighted by Gasteiger charge is 2.22. The van der Waals surface area contributed by atoms with Crippen molar-refractivity contribution in [2.75, 3.05) is 13.2 Å². The molecule has 2 heteroatoms. The summed E-state index contributed by atoms with van der Waals surface area (Å²) in [5, 5.41) is 0.317. The molecular formula is C13H25ClO. The third-order valence-electron chi connectivity index (χ3n) is 3.35. The summed E-state index contributed by atoms with van der Waals surface area (Å²) < 4.78 is 5.36. The van der Waals surface area contributed by atoms with Gasteiger partial charge in [0.25, 0.3) is 0 Å². The summed E-state index contributed by atoms with van der Waals surface area (Å²) in [5.74, 6) is 0.891. The minimum absolute atomic E-state index is 0.247. The minimum Gasteiger partial charge on any atom is -0.381 e. The molecule has 0 aromatic heterocycles. The Morgan fingerprint density at radius 2 is 1.87 bits per heavy atom. The van der Waals surface area contributed by atoms with Crippen LogP contribution in [0.1, 0.15) is 52.9 Å². The Bertz CT molecular complexity index is 168. The van der Waals surface area contributed by atoms with Gasteiger partial charge in [-0.05, 0) is 30.6 Å². The van der Waals surface area contributed by atoms with Gasteiger partial charge in [-0.25, -0.2) is 0 Å². The van der Waals surface area contributed by atoms with Crippen LogP contribution >= 0.6 is 11.6 Å². The van der Waals surface area contributed by atoms with E-state index in [9.17, 15) is 0 Å². The number of rotatable bonds is 4. The lowest BCUT2D eigenvalue weighted by Gasteiger charge is -2.26. The molecule has 1 atom stereocenters. The number of hydrogen-bond donors (Lipinski definition) is 0. The zero-order chi connectivity index (χ0) is 11.3. The average Bonchev–Trinajstić information content (AvgIpc) is 2.18. The van der Waals surface area contributed by atoms with Crippen molar-refractivity contribution in [1.29, 1.82) is 0 Å². The molecule has 0 spiro atoms. The van der Waals surface area contributed by atoms with Crippen molar-refractivity contribution in [3.8, 4) is 0 Å². The Balaban J connectivity index is 2.10. The monoisotopic (exact) mass is 232 g/mol. The second-order valence-corrected chi connectivity index (χ2v) is 6.35. The molecular weight excluding hydrogens is 208 g/mol. The van der Waals surface area contributed by atoms with Crippen LogP contribution in [0.15, 0.2) is 0 Å². The van der Waals surface area contributed by atoms with Gasteiger partial charge in [0.2, 0.25) is 0 Å². The van der Waals surface area contributed by atoms with Crippen molar-refractivity contribution in [2.24, 2.45) is 11.3 Å². The molecule has 0 aliphatic carbocycles. The van der Waals surface area contributed by atoms with Gasteiger partial charge < -0.3 is 4.74 Å². The van der Waals surface area contributed by atoms with E-state index in [1.165, 1.54) is 25.7 Å². The molecule has 0 N–H and O–H groups in total. The number of halogens is 1. The fourth-order valence-electron chi connectivity index (χ4n) is 2.05. The van der Waals surface area contributed by atoms with E-state index < -0.39 is 0 Å². The summed E-state index contributed by atoms with van der Waals surface area (Å²) in [6.45, 7) is 8.60. The van der Waals surface area contributed by atoms with Gasteiger partial charge in [-0.2, -0.15) is 0 Å². The fraction of sp³-hybridized carbons (Fsp3) is 1.00. The maximum absolute atomic E-state index is 6.35.